The summed E-state index contributed by atoms with van der Waals surface area (Å²) < 4.78 is 37.6. The minimum absolute atomic E-state index is 0.169. The molecule has 5 heteroatoms. The van der Waals surface area contributed by atoms with Gasteiger partial charge in [-0.05, 0) is 36.1 Å². The van der Waals surface area contributed by atoms with Crippen molar-refractivity contribution in [2.24, 2.45) is 5.92 Å². The van der Waals surface area contributed by atoms with Gasteiger partial charge in [0.15, 0.2) is 0 Å². The van der Waals surface area contributed by atoms with Crippen LogP contribution in [0.25, 0.3) is 0 Å². The van der Waals surface area contributed by atoms with Crippen molar-refractivity contribution in [3.05, 3.63) is 48.0 Å². The Morgan fingerprint density at radius 3 is 2.45 bits per heavy atom. The number of nitrogens with zero attached hydrogens (tertiary/aromatic N) is 1. The van der Waals surface area contributed by atoms with Crippen LogP contribution in [0.2, 0.25) is 0 Å². The number of alkyl halides is 3. The van der Waals surface area contributed by atoms with Gasteiger partial charge in [-0.1, -0.05) is 25.6 Å². The summed E-state index contributed by atoms with van der Waals surface area (Å²) in [5.74, 6) is 0.144. The van der Waals surface area contributed by atoms with Crippen LogP contribution in [0.4, 0.5) is 13.2 Å². The van der Waals surface area contributed by atoms with E-state index in [4.69, 9.17) is 0 Å². The molecule has 2 unspecified atom stereocenters. The van der Waals surface area contributed by atoms with Gasteiger partial charge in [-0.25, -0.2) is 0 Å². The van der Waals surface area contributed by atoms with Gasteiger partial charge < -0.3 is 4.90 Å². The molecule has 0 spiro atoms. The number of likely N-dealkylation sites (tertiary alicyclic amines) is 1. The van der Waals surface area contributed by atoms with Crippen molar-refractivity contribution in [3.8, 4) is 0 Å². The summed E-state index contributed by atoms with van der Waals surface area (Å²) in [5.41, 5.74) is 0.0615. The number of benzene rings is 1. The second-order valence-corrected chi connectivity index (χ2v) is 5.17. The zero-order chi connectivity index (χ0) is 14.9. The first kappa shape index (κ1) is 14.6. The number of amides is 1. The lowest BCUT2D eigenvalue weighted by Crippen LogP contribution is -2.29. The van der Waals surface area contributed by atoms with Crippen LogP contribution < -0.4 is 0 Å². The predicted octanol–water partition coefficient (Wildman–Crippen LogP) is 3.80. The zero-order valence-corrected chi connectivity index (χ0v) is 11.2. The third-order valence-electron chi connectivity index (χ3n) is 3.59. The van der Waals surface area contributed by atoms with Crippen LogP contribution in [-0.2, 0) is 11.0 Å². The van der Waals surface area contributed by atoms with Crippen LogP contribution >= 0.6 is 0 Å². The average Bonchev–Trinajstić information content (AvgIpc) is 2.79. The van der Waals surface area contributed by atoms with E-state index >= 15 is 0 Å². The maximum absolute atomic E-state index is 12.5. The minimum Gasteiger partial charge on any atom is -0.332 e. The Hall–Kier alpha value is -1.78. The summed E-state index contributed by atoms with van der Waals surface area (Å²) in [6.07, 6.45) is -2.34. The van der Waals surface area contributed by atoms with E-state index in [1.165, 1.54) is 18.2 Å². The summed E-state index contributed by atoms with van der Waals surface area (Å²) in [6.45, 7) is 6.09. The standard InChI is InChI=1S/C15H16F3NO/c1-3-14(20)19-9-10(2)8-13(19)11-4-6-12(7-5-11)15(16,17)18/h3-7,10,13H,1,8-9H2,2H3. The molecule has 0 N–H and O–H groups in total. The summed E-state index contributed by atoms with van der Waals surface area (Å²) in [5, 5.41) is 0. The molecule has 2 atom stereocenters. The Bertz CT molecular complexity index is 507. The lowest BCUT2D eigenvalue weighted by Gasteiger charge is -2.24. The predicted molar refractivity (Wildman–Crippen MR) is 69.9 cm³/mol. The molecule has 1 saturated heterocycles. The molecule has 20 heavy (non-hydrogen) atoms. The van der Waals surface area contributed by atoms with E-state index in [0.717, 1.165) is 24.1 Å². The second kappa shape index (κ2) is 5.31. The molecule has 1 fully saturated rings. The van der Waals surface area contributed by atoms with Gasteiger partial charge in [0, 0.05) is 6.54 Å². The Morgan fingerprint density at radius 1 is 1.35 bits per heavy atom. The van der Waals surface area contributed by atoms with Gasteiger partial charge in [-0.3, -0.25) is 4.79 Å². The monoisotopic (exact) mass is 283 g/mol. The summed E-state index contributed by atoms with van der Waals surface area (Å²) >= 11 is 0. The van der Waals surface area contributed by atoms with Crippen LogP contribution in [0.1, 0.15) is 30.5 Å². The molecular formula is C15H16F3NO. The molecule has 0 aliphatic carbocycles. The third kappa shape index (κ3) is 2.86. The molecule has 1 aromatic rings. The fourth-order valence-corrected chi connectivity index (χ4v) is 2.62. The molecule has 1 heterocycles. The molecule has 1 aromatic carbocycles. The molecular weight excluding hydrogens is 267 g/mol. The largest absolute Gasteiger partial charge is 0.416 e. The van der Waals surface area contributed by atoms with Gasteiger partial charge in [-0.15, -0.1) is 0 Å². The first-order chi connectivity index (χ1) is 9.32. The summed E-state index contributed by atoms with van der Waals surface area (Å²) in [6, 6.07) is 4.87. The van der Waals surface area contributed by atoms with E-state index in [1.54, 1.807) is 4.90 Å². The van der Waals surface area contributed by atoms with Crippen LogP contribution in [-0.4, -0.2) is 17.4 Å². The van der Waals surface area contributed by atoms with E-state index < -0.39 is 11.7 Å². The van der Waals surface area contributed by atoms with Gasteiger partial charge in [0.2, 0.25) is 5.91 Å². The fraction of sp³-hybridized carbons (Fsp3) is 0.400. The topological polar surface area (TPSA) is 20.3 Å². The summed E-state index contributed by atoms with van der Waals surface area (Å²) in [7, 11) is 0. The van der Waals surface area contributed by atoms with Crippen LogP contribution in [0.15, 0.2) is 36.9 Å². The molecule has 0 aromatic heterocycles. The SMILES string of the molecule is C=CC(=O)N1CC(C)CC1c1ccc(C(F)(F)F)cc1. The maximum atomic E-state index is 12.5. The molecule has 0 saturated carbocycles. The van der Waals surface area contributed by atoms with Crippen molar-refractivity contribution in [3.63, 3.8) is 0 Å². The highest BCUT2D eigenvalue weighted by atomic mass is 19.4. The minimum atomic E-state index is -4.34. The first-order valence-electron chi connectivity index (χ1n) is 6.43. The summed E-state index contributed by atoms with van der Waals surface area (Å²) in [4.78, 5) is 13.5. The smallest absolute Gasteiger partial charge is 0.332 e. The molecule has 1 aliphatic rings. The van der Waals surface area contributed by atoms with Crippen LogP contribution in [0.5, 0.6) is 0 Å². The molecule has 2 rings (SSSR count). The van der Waals surface area contributed by atoms with Gasteiger partial charge >= 0.3 is 6.18 Å². The van der Waals surface area contributed by atoms with Gasteiger partial charge in [-0.2, -0.15) is 13.2 Å². The van der Waals surface area contributed by atoms with Gasteiger partial charge in [0.05, 0.1) is 11.6 Å². The number of hydrogen-bond donors (Lipinski definition) is 0. The molecule has 108 valence electrons. The Labute approximate surface area is 115 Å². The number of halogens is 3. The van der Waals surface area contributed by atoms with Gasteiger partial charge in [0.25, 0.3) is 0 Å². The zero-order valence-electron chi connectivity index (χ0n) is 11.2. The van der Waals surface area contributed by atoms with Crippen molar-refractivity contribution in [2.75, 3.05) is 6.54 Å². The number of hydrogen-bond acceptors (Lipinski definition) is 1. The van der Waals surface area contributed by atoms with E-state index in [1.807, 2.05) is 6.92 Å². The molecule has 0 bridgehead atoms. The van der Waals surface area contributed by atoms with E-state index in [-0.39, 0.29) is 11.9 Å². The van der Waals surface area contributed by atoms with Crippen molar-refractivity contribution in [1.29, 1.82) is 0 Å². The third-order valence-corrected chi connectivity index (χ3v) is 3.59. The lowest BCUT2D eigenvalue weighted by molar-refractivity contribution is -0.137. The number of rotatable bonds is 2. The van der Waals surface area contributed by atoms with Crippen molar-refractivity contribution in [2.45, 2.75) is 25.6 Å². The maximum Gasteiger partial charge on any atom is 0.416 e. The van der Waals surface area contributed by atoms with Crippen LogP contribution in [0.3, 0.4) is 0 Å². The average molecular weight is 283 g/mol. The van der Waals surface area contributed by atoms with Crippen molar-refractivity contribution in [1.82, 2.24) is 4.90 Å². The first-order valence-corrected chi connectivity index (χ1v) is 6.43. The number of carbonyl (C=O) groups excluding carboxylic acids is 1. The Balaban J connectivity index is 2.26. The quantitative estimate of drug-likeness (QED) is 0.756. The second-order valence-electron chi connectivity index (χ2n) is 5.17. The Kier molecular flexibility index (Phi) is 3.88. The Morgan fingerprint density at radius 2 is 1.95 bits per heavy atom. The lowest BCUT2D eigenvalue weighted by atomic mass is 9.99. The molecule has 1 amide bonds. The van der Waals surface area contributed by atoms with Crippen LogP contribution in [0, 0.1) is 5.92 Å². The van der Waals surface area contributed by atoms with E-state index in [9.17, 15) is 18.0 Å². The molecule has 2 nitrogen and oxygen atoms in total. The van der Waals surface area contributed by atoms with E-state index in [0.29, 0.717) is 12.5 Å². The fourth-order valence-electron chi connectivity index (χ4n) is 2.62. The highest BCUT2D eigenvalue weighted by Gasteiger charge is 2.34. The normalized spacial score (nSPS) is 22.9. The number of carbonyl (C=O) groups is 1. The molecule has 1 aliphatic heterocycles. The molecule has 0 radical (unpaired) electrons. The van der Waals surface area contributed by atoms with Crippen molar-refractivity contribution >= 4 is 5.91 Å². The highest BCUT2D eigenvalue weighted by Crippen LogP contribution is 2.37. The van der Waals surface area contributed by atoms with E-state index in [2.05, 4.69) is 6.58 Å². The highest BCUT2D eigenvalue weighted by molar-refractivity contribution is 5.87. The van der Waals surface area contributed by atoms with Crippen molar-refractivity contribution < 1.29 is 18.0 Å². The van der Waals surface area contributed by atoms with Gasteiger partial charge in [0.1, 0.15) is 0 Å².